The summed E-state index contributed by atoms with van der Waals surface area (Å²) in [5.74, 6) is 0.0216. The first-order valence-electron chi connectivity index (χ1n) is 7.55. The number of anilines is 2. The molecule has 0 unspecified atom stereocenters. The van der Waals surface area contributed by atoms with Gasteiger partial charge < -0.3 is 5.32 Å². The van der Waals surface area contributed by atoms with Crippen molar-refractivity contribution in [2.24, 2.45) is 0 Å². The molecule has 25 heavy (non-hydrogen) atoms. The molecule has 0 atom stereocenters. The van der Waals surface area contributed by atoms with Crippen LogP contribution in [0.3, 0.4) is 0 Å². The third-order valence-corrected chi connectivity index (χ3v) is 3.63. The van der Waals surface area contributed by atoms with E-state index in [2.05, 4.69) is 25.6 Å². The zero-order chi connectivity index (χ0) is 17.4. The lowest BCUT2D eigenvalue weighted by atomic mass is 10.1. The molecule has 8 heteroatoms. The molecule has 0 bridgehead atoms. The highest BCUT2D eigenvalue weighted by molar-refractivity contribution is 6.06. The van der Waals surface area contributed by atoms with E-state index in [1.807, 2.05) is 19.1 Å². The van der Waals surface area contributed by atoms with Gasteiger partial charge in [0, 0.05) is 23.5 Å². The van der Waals surface area contributed by atoms with Gasteiger partial charge in [-0.15, -0.1) is 5.10 Å². The number of hydrogen-bond acceptors (Lipinski definition) is 5. The minimum Gasteiger partial charge on any atom is -0.322 e. The highest BCUT2D eigenvalue weighted by Gasteiger charge is 2.17. The van der Waals surface area contributed by atoms with Gasteiger partial charge in [-0.2, -0.15) is 5.10 Å². The number of nitrogens with zero attached hydrogens (tertiary/aromatic N) is 4. The fraction of sp³-hybridized carbons (Fsp3) is 0.0588. The summed E-state index contributed by atoms with van der Waals surface area (Å²) >= 11 is 0. The molecular formula is C17H13FN6O. The molecule has 0 spiro atoms. The van der Waals surface area contributed by atoms with Crippen LogP contribution in [-0.4, -0.2) is 30.6 Å². The molecule has 0 saturated carbocycles. The Labute approximate surface area is 141 Å². The summed E-state index contributed by atoms with van der Waals surface area (Å²) < 4.78 is 14.9. The quantitative estimate of drug-likeness (QED) is 0.560. The van der Waals surface area contributed by atoms with Gasteiger partial charge in [0.1, 0.15) is 11.3 Å². The van der Waals surface area contributed by atoms with Crippen molar-refractivity contribution in [3.8, 4) is 0 Å². The van der Waals surface area contributed by atoms with Crippen LogP contribution in [-0.2, 0) is 0 Å². The largest absolute Gasteiger partial charge is 0.322 e. The van der Waals surface area contributed by atoms with Gasteiger partial charge in [0.15, 0.2) is 11.6 Å². The maximum Gasteiger partial charge on any atom is 0.232 e. The van der Waals surface area contributed by atoms with Gasteiger partial charge in [-0.1, -0.05) is 12.1 Å². The predicted octanol–water partition coefficient (Wildman–Crippen LogP) is 2.87. The number of rotatable bonds is 4. The molecule has 0 aliphatic rings. The summed E-state index contributed by atoms with van der Waals surface area (Å²) in [5.41, 5.74) is 1.77. The molecule has 0 saturated heterocycles. The molecule has 0 aliphatic carbocycles. The number of ketones is 1. The second kappa shape index (κ2) is 5.82. The third-order valence-electron chi connectivity index (χ3n) is 3.63. The minimum atomic E-state index is -0.488. The Balaban J connectivity index is 1.78. The maximum absolute atomic E-state index is 13.4. The number of hydrogen-bond donors (Lipinski definition) is 2. The lowest BCUT2D eigenvalue weighted by Gasteiger charge is -2.07. The number of benzene rings is 1. The molecule has 3 heterocycles. The zero-order valence-corrected chi connectivity index (χ0v) is 13.2. The van der Waals surface area contributed by atoms with E-state index in [-0.39, 0.29) is 11.4 Å². The Morgan fingerprint density at radius 1 is 1.24 bits per heavy atom. The average Bonchev–Trinajstić information content (AvgIpc) is 3.23. The number of aromatic nitrogens is 5. The standard InChI is InChI=1S/C17H13FN6O/c1-10-8-14(22-21-10)19-16-13-6-3-7-24(13)23-17(20-16)15(25)11-4-2-5-12(18)9-11/h2-9H,1H3,(H2,19,20,21,22,23). The van der Waals surface area contributed by atoms with Crippen molar-refractivity contribution in [2.45, 2.75) is 6.92 Å². The number of fused-ring (bicyclic) bond motifs is 1. The highest BCUT2D eigenvalue weighted by Crippen LogP contribution is 2.20. The molecule has 0 amide bonds. The second-order valence-corrected chi connectivity index (χ2v) is 5.52. The lowest BCUT2D eigenvalue weighted by Crippen LogP contribution is -2.12. The van der Waals surface area contributed by atoms with E-state index in [4.69, 9.17) is 0 Å². The summed E-state index contributed by atoms with van der Waals surface area (Å²) in [4.78, 5) is 16.9. The molecule has 0 radical (unpaired) electrons. The van der Waals surface area contributed by atoms with Crippen LogP contribution in [0, 0.1) is 12.7 Å². The second-order valence-electron chi connectivity index (χ2n) is 5.52. The number of aromatic amines is 1. The van der Waals surface area contributed by atoms with Crippen molar-refractivity contribution < 1.29 is 9.18 Å². The first-order valence-corrected chi connectivity index (χ1v) is 7.55. The summed E-state index contributed by atoms with van der Waals surface area (Å²) in [6, 6.07) is 10.9. The number of carbonyl (C=O) groups excluding carboxylic acids is 1. The number of nitrogens with one attached hydrogen (secondary N) is 2. The van der Waals surface area contributed by atoms with Crippen LogP contribution in [0.15, 0.2) is 48.7 Å². The summed E-state index contributed by atoms with van der Waals surface area (Å²) in [6.07, 6.45) is 1.71. The van der Waals surface area contributed by atoms with E-state index < -0.39 is 11.6 Å². The van der Waals surface area contributed by atoms with Crippen molar-refractivity contribution in [3.05, 3.63) is 71.6 Å². The number of aryl methyl sites for hydroxylation is 1. The first-order chi connectivity index (χ1) is 12.1. The van der Waals surface area contributed by atoms with Crippen molar-refractivity contribution in [1.82, 2.24) is 24.8 Å². The molecule has 0 fully saturated rings. The van der Waals surface area contributed by atoms with Crippen LogP contribution < -0.4 is 5.32 Å². The summed E-state index contributed by atoms with van der Waals surface area (Å²) in [7, 11) is 0. The zero-order valence-electron chi connectivity index (χ0n) is 13.2. The van der Waals surface area contributed by atoms with Gasteiger partial charge in [0.25, 0.3) is 0 Å². The van der Waals surface area contributed by atoms with Gasteiger partial charge >= 0.3 is 0 Å². The molecular weight excluding hydrogens is 323 g/mol. The smallest absolute Gasteiger partial charge is 0.232 e. The third kappa shape index (κ3) is 2.85. The monoisotopic (exact) mass is 336 g/mol. The van der Waals surface area contributed by atoms with Crippen molar-refractivity contribution in [2.75, 3.05) is 5.32 Å². The topological polar surface area (TPSA) is 88.0 Å². The van der Waals surface area contributed by atoms with Gasteiger partial charge in [-0.25, -0.2) is 13.9 Å². The summed E-state index contributed by atoms with van der Waals surface area (Å²) in [6.45, 7) is 1.88. The number of carbonyl (C=O) groups is 1. The molecule has 4 aromatic rings. The van der Waals surface area contributed by atoms with Crippen LogP contribution in [0.25, 0.3) is 5.52 Å². The van der Waals surface area contributed by atoms with Crippen LogP contribution in [0.1, 0.15) is 21.9 Å². The van der Waals surface area contributed by atoms with E-state index in [1.165, 1.54) is 18.2 Å². The summed E-state index contributed by atoms with van der Waals surface area (Å²) in [5, 5.41) is 14.2. The highest BCUT2D eigenvalue weighted by atomic mass is 19.1. The van der Waals surface area contributed by atoms with Crippen LogP contribution in [0.4, 0.5) is 16.0 Å². The molecule has 7 nitrogen and oxygen atoms in total. The van der Waals surface area contributed by atoms with E-state index in [0.717, 1.165) is 11.8 Å². The Bertz CT molecular complexity index is 1080. The predicted molar refractivity (Wildman–Crippen MR) is 89.4 cm³/mol. The normalized spacial score (nSPS) is 11.0. The lowest BCUT2D eigenvalue weighted by molar-refractivity contribution is 0.102. The molecule has 124 valence electrons. The fourth-order valence-corrected chi connectivity index (χ4v) is 2.48. The maximum atomic E-state index is 13.4. The van der Waals surface area contributed by atoms with Crippen molar-refractivity contribution >= 4 is 22.9 Å². The molecule has 1 aromatic carbocycles. The minimum absolute atomic E-state index is 0.0379. The Hall–Kier alpha value is -3.55. The molecule has 4 rings (SSSR count). The van der Waals surface area contributed by atoms with Gasteiger partial charge in [0.05, 0.1) is 0 Å². The first kappa shape index (κ1) is 15.0. The number of halogens is 1. The molecule has 0 aliphatic heterocycles. The Morgan fingerprint density at radius 3 is 2.88 bits per heavy atom. The van der Waals surface area contributed by atoms with Crippen LogP contribution in [0.5, 0.6) is 0 Å². The Morgan fingerprint density at radius 2 is 2.12 bits per heavy atom. The Kier molecular flexibility index (Phi) is 3.50. The van der Waals surface area contributed by atoms with Crippen LogP contribution >= 0.6 is 0 Å². The van der Waals surface area contributed by atoms with E-state index >= 15 is 0 Å². The van der Waals surface area contributed by atoms with Crippen LogP contribution in [0.2, 0.25) is 0 Å². The molecule has 3 aromatic heterocycles. The van der Waals surface area contributed by atoms with E-state index in [0.29, 0.717) is 17.2 Å². The molecule has 2 N–H and O–H groups in total. The average molecular weight is 336 g/mol. The van der Waals surface area contributed by atoms with Crippen molar-refractivity contribution in [1.29, 1.82) is 0 Å². The van der Waals surface area contributed by atoms with Gasteiger partial charge in [-0.05, 0) is 31.2 Å². The van der Waals surface area contributed by atoms with E-state index in [1.54, 1.807) is 16.8 Å². The van der Waals surface area contributed by atoms with Gasteiger partial charge in [0.2, 0.25) is 11.6 Å². The van der Waals surface area contributed by atoms with Crippen molar-refractivity contribution in [3.63, 3.8) is 0 Å². The number of H-pyrrole nitrogens is 1. The van der Waals surface area contributed by atoms with Gasteiger partial charge in [-0.3, -0.25) is 9.89 Å². The fourth-order valence-electron chi connectivity index (χ4n) is 2.48. The SMILES string of the molecule is Cc1cc(Nc2nc(C(=O)c3cccc(F)c3)nn3cccc23)n[nH]1. The van der Waals surface area contributed by atoms with E-state index in [9.17, 15) is 9.18 Å².